The van der Waals surface area contributed by atoms with Gasteiger partial charge in [-0.05, 0) is 12.1 Å². The van der Waals surface area contributed by atoms with E-state index in [1.165, 1.54) is 16.3 Å². The maximum atomic E-state index is 11.4. The van der Waals surface area contributed by atoms with Gasteiger partial charge < -0.3 is 5.32 Å². The van der Waals surface area contributed by atoms with Gasteiger partial charge in [0.05, 0.1) is 0 Å². The number of rotatable bonds is 5. The van der Waals surface area contributed by atoms with E-state index in [1.54, 1.807) is 0 Å². The van der Waals surface area contributed by atoms with E-state index in [0.29, 0.717) is 5.65 Å². The number of fused-ring (bicyclic) bond motifs is 1. The van der Waals surface area contributed by atoms with Crippen LogP contribution in [0.4, 0.5) is 0 Å². The van der Waals surface area contributed by atoms with Crippen LogP contribution in [0.15, 0.2) is 47.5 Å². The lowest BCUT2D eigenvalue weighted by Crippen LogP contribution is -2.23. The summed E-state index contributed by atoms with van der Waals surface area (Å²) in [6, 6.07) is 12.3. The van der Waals surface area contributed by atoms with Crippen LogP contribution in [0.3, 0.4) is 0 Å². The molecule has 3 rings (SSSR count). The second-order valence-corrected chi connectivity index (χ2v) is 4.86. The minimum atomic E-state index is -0.268. The summed E-state index contributed by atoms with van der Waals surface area (Å²) in [7, 11) is 0. The van der Waals surface area contributed by atoms with Crippen molar-refractivity contribution < 1.29 is 0 Å². The van der Waals surface area contributed by atoms with Crippen molar-refractivity contribution in [1.82, 2.24) is 24.9 Å². The molecule has 0 aliphatic heterocycles. The van der Waals surface area contributed by atoms with Crippen molar-refractivity contribution in [2.75, 3.05) is 6.54 Å². The SMILES string of the molecule is CCNC(Cc1cc2n[nH]c(=O)n2cn1)c1ccccc1. The Labute approximate surface area is 121 Å². The fraction of sp³-hybridized carbons (Fsp3) is 0.267. The number of nitrogens with zero attached hydrogens (tertiary/aromatic N) is 3. The Morgan fingerprint density at radius 2 is 2.14 bits per heavy atom. The van der Waals surface area contributed by atoms with Gasteiger partial charge >= 0.3 is 5.69 Å². The summed E-state index contributed by atoms with van der Waals surface area (Å²) in [6.07, 6.45) is 2.26. The molecule has 6 nitrogen and oxygen atoms in total. The molecule has 108 valence electrons. The molecule has 2 heterocycles. The summed E-state index contributed by atoms with van der Waals surface area (Å²) < 4.78 is 1.40. The number of likely N-dealkylation sites (N-methyl/N-ethyl adjacent to an activating group) is 1. The quantitative estimate of drug-likeness (QED) is 0.740. The van der Waals surface area contributed by atoms with Crippen molar-refractivity contribution in [2.24, 2.45) is 0 Å². The van der Waals surface area contributed by atoms with Gasteiger partial charge in [0.2, 0.25) is 0 Å². The average Bonchev–Trinajstić information content (AvgIpc) is 2.89. The average molecular weight is 283 g/mol. The van der Waals surface area contributed by atoms with Crippen molar-refractivity contribution in [3.8, 4) is 0 Å². The normalized spacial score (nSPS) is 12.6. The van der Waals surface area contributed by atoms with Crippen molar-refractivity contribution in [3.63, 3.8) is 0 Å². The number of hydrogen-bond acceptors (Lipinski definition) is 4. The zero-order valence-electron chi connectivity index (χ0n) is 11.8. The van der Waals surface area contributed by atoms with E-state index < -0.39 is 0 Å². The Hall–Kier alpha value is -2.47. The number of H-pyrrole nitrogens is 1. The highest BCUT2D eigenvalue weighted by molar-refractivity contribution is 5.37. The third-order valence-corrected chi connectivity index (χ3v) is 3.43. The van der Waals surface area contributed by atoms with Gasteiger partial charge in [-0.15, -0.1) is 0 Å². The number of nitrogens with one attached hydrogen (secondary N) is 2. The molecule has 6 heteroatoms. The zero-order chi connectivity index (χ0) is 14.7. The molecular formula is C15H17N5O. The summed E-state index contributed by atoms with van der Waals surface area (Å²) in [6.45, 7) is 2.96. The minimum absolute atomic E-state index is 0.191. The topological polar surface area (TPSA) is 75.1 Å². The molecule has 0 bridgehead atoms. The second-order valence-electron chi connectivity index (χ2n) is 4.86. The van der Waals surface area contributed by atoms with Crippen LogP contribution in [-0.2, 0) is 6.42 Å². The van der Waals surface area contributed by atoms with E-state index in [0.717, 1.165) is 18.7 Å². The molecule has 0 fully saturated rings. The molecule has 1 aromatic carbocycles. The molecular weight excluding hydrogens is 266 g/mol. The Bertz CT molecular complexity index is 777. The Kier molecular flexibility index (Phi) is 3.79. The molecule has 0 saturated heterocycles. The predicted molar refractivity (Wildman–Crippen MR) is 80.2 cm³/mol. The van der Waals surface area contributed by atoms with Crippen molar-refractivity contribution in [1.29, 1.82) is 0 Å². The smallest absolute Gasteiger partial charge is 0.310 e. The summed E-state index contributed by atoms with van der Waals surface area (Å²) in [5, 5.41) is 9.85. The third kappa shape index (κ3) is 2.85. The highest BCUT2D eigenvalue weighted by Gasteiger charge is 2.12. The van der Waals surface area contributed by atoms with Crippen molar-refractivity contribution in [3.05, 3.63) is 64.5 Å². The molecule has 0 radical (unpaired) electrons. The molecule has 0 aliphatic rings. The third-order valence-electron chi connectivity index (χ3n) is 3.43. The summed E-state index contributed by atoms with van der Waals surface area (Å²) in [5.41, 5.74) is 2.44. The lowest BCUT2D eigenvalue weighted by atomic mass is 10.0. The van der Waals surface area contributed by atoms with Crippen molar-refractivity contribution >= 4 is 5.65 Å². The first kappa shape index (κ1) is 13.5. The maximum Gasteiger partial charge on any atom is 0.348 e. The Morgan fingerprint density at radius 1 is 1.33 bits per heavy atom. The molecule has 1 unspecified atom stereocenters. The molecule has 21 heavy (non-hydrogen) atoms. The molecule has 3 aromatic rings. The van der Waals surface area contributed by atoms with Gasteiger partial charge in [-0.25, -0.2) is 19.3 Å². The summed E-state index contributed by atoms with van der Waals surface area (Å²) in [4.78, 5) is 15.8. The van der Waals surface area contributed by atoms with Gasteiger partial charge in [-0.1, -0.05) is 37.3 Å². The van der Waals surface area contributed by atoms with E-state index in [-0.39, 0.29) is 11.7 Å². The van der Waals surface area contributed by atoms with Gasteiger partial charge in [-0.2, -0.15) is 5.10 Å². The molecule has 1 atom stereocenters. The lowest BCUT2D eigenvalue weighted by Gasteiger charge is -2.17. The van der Waals surface area contributed by atoms with Crippen LogP contribution in [-0.4, -0.2) is 26.1 Å². The van der Waals surface area contributed by atoms with E-state index in [9.17, 15) is 4.79 Å². The highest BCUT2D eigenvalue weighted by Crippen LogP contribution is 2.17. The fourth-order valence-corrected chi connectivity index (χ4v) is 2.41. The molecule has 2 aromatic heterocycles. The highest BCUT2D eigenvalue weighted by atomic mass is 16.1. The standard InChI is InChI=1S/C15H17N5O/c1-2-16-13(11-6-4-3-5-7-11)8-12-9-14-18-19-15(21)20(14)10-17-12/h3-7,9-10,13,16H,2,8H2,1H3,(H,19,21). The first-order valence-corrected chi connectivity index (χ1v) is 6.98. The largest absolute Gasteiger partial charge is 0.348 e. The van der Waals surface area contributed by atoms with Gasteiger partial charge in [0, 0.05) is 24.2 Å². The lowest BCUT2D eigenvalue weighted by molar-refractivity contribution is 0.543. The molecule has 0 saturated carbocycles. The number of benzene rings is 1. The van der Waals surface area contributed by atoms with E-state index >= 15 is 0 Å². The van der Waals surface area contributed by atoms with Crippen LogP contribution in [0.2, 0.25) is 0 Å². The van der Waals surface area contributed by atoms with Crippen LogP contribution in [0.5, 0.6) is 0 Å². The number of hydrogen-bond donors (Lipinski definition) is 2. The van der Waals surface area contributed by atoms with Gasteiger partial charge in [0.1, 0.15) is 6.33 Å². The molecule has 0 aliphatic carbocycles. The first-order chi connectivity index (χ1) is 10.3. The first-order valence-electron chi connectivity index (χ1n) is 6.98. The zero-order valence-corrected chi connectivity index (χ0v) is 11.8. The van der Waals surface area contributed by atoms with Crippen LogP contribution in [0, 0.1) is 0 Å². The Morgan fingerprint density at radius 3 is 2.90 bits per heavy atom. The molecule has 0 spiro atoms. The van der Waals surface area contributed by atoms with E-state index in [4.69, 9.17) is 0 Å². The fourth-order valence-electron chi connectivity index (χ4n) is 2.41. The van der Waals surface area contributed by atoms with Crippen LogP contribution < -0.4 is 11.0 Å². The molecule has 0 amide bonds. The maximum absolute atomic E-state index is 11.4. The minimum Gasteiger partial charge on any atom is -0.310 e. The number of aromatic amines is 1. The molecule has 2 N–H and O–H groups in total. The van der Waals surface area contributed by atoms with E-state index in [2.05, 4.69) is 39.6 Å². The number of aromatic nitrogens is 4. The summed E-state index contributed by atoms with van der Waals surface area (Å²) >= 11 is 0. The van der Waals surface area contributed by atoms with Crippen molar-refractivity contribution in [2.45, 2.75) is 19.4 Å². The van der Waals surface area contributed by atoms with Crippen LogP contribution in [0.25, 0.3) is 5.65 Å². The van der Waals surface area contributed by atoms with Crippen LogP contribution in [0.1, 0.15) is 24.2 Å². The Balaban J connectivity index is 1.88. The summed E-state index contributed by atoms with van der Waals surface area (Å²) in [5.74, 6) is 0. The predicted octanol–water partition coefficient (Wildman–Crippen LogP) is 1.31. The van der Waals surface area contributed by atoms with Gasteiger partial charge in [0.25, 0.3) is 0 Å². The monoisotopic (exact) mass is 283 g/mol. The van der Waals surface area contributed by atoms with E-state index in [1.807, 2.05) is 24.3 Å². The second kappa shape index (κ2) is 5.88. The van der Waals surface area contributed by atoms with Gasteiger partial charge in [0.15, 0.2) is 5.65 Å². The van der Waals surface area contributed by atoms with Gasteiger partial charge in [-0.3, -0.25) is 0 Å². The van der Waals surface area contributed by atoms with Crippen LogP contribution >= 0.6 is 0 Å².